The van der Waals surface area contributed by atoms with Crippen LogP contribution >= 0.6 is 10.7 Å². The van der Waals surface area contributed by atoms with Crippen LogP contribution in [0.5, 0.6) is 0 Å². The largest absolute Gasteiger partial charge is 1.00 e. The second-order valence-electron chi connectivity index (χ2n) is 0.194. The van der Waals surface area contributed by atoms with Gasteiger partial charge in [0.2, 0.25) is 0 Å². The van der Waals surface area contributed by atoms with E-state index in [1.807, 2.05) is 0 Å². The van der Waals surface area contributed by atoms with Crippen molar-refractivity contribution in [1.29, 1.82) is 0 Å². The van der Waals surface area contributed by atoms with Crippen molar-refractivity contribution in [2.24, 2.45) is 0 Å². The predicted molar refractivity (Wildman–Crippen MR) is 14.6 cm³/mol. The summed E-state index contributed by atoms with van der Waals surface area (Å²) in [4.78, 5) is 0. The minimum Gasteiger partial charge on any atom is -0.409 e. The van der Waals surface area contributed by atoms with Crippen molar-refractivity contribution in [3.05, 3.63) is 0 Å². The van der Waals surface area contributed by atoms with Crippen molar-refractivity contribution >= 4 is 20.6 Å². The summed E-state index contributed by atoms with van der Waals surface area (Å²) >= 11 is 0. The van der Waals surface area contributed by atoms with Gasteiger partial charge in [-0.05, 0) is 0 Å². The van der Waals surface area contributed by atoms with E-state index in [4.69, 9.17) is 8.42 Å². The molecule has 0 spiro atoms. The smallest absolute Gasteiger partial charge is 0.409 e. The van der Waals surface area contributed by atoms with Gasteiger partial charge in [0.25, 0.3) is 0 Å². The molecule has 2 nitrogen and oxygen atoms in total. The molecule has 0 aliphatic heterocycles. The average molecular weight is 163 g/mol. The molecular weight excluding hydrogens is 163 g/mol. The van der Waals surface area contributed by atoms with E-state index < -0.39 is 9.92 Å². The topological polar surface area (TPSA) is 34.1 Å². The van der Waals surface area contributed by atoms with E-state index in [0.29, 0.717) is 0 Å². The molecule has 0 rings (SSSR count). The zero-order chi connectivity index (χ0) is 3.58. The van der Waals surface area contributed by atoms with E-state index in [9.17, 15) is 0 Å². The van der Waals surface area contributed by atoms with Crippen LogP contribution < -0.4 is 0 Å². The Balaban J connectivity index is 0. The van der Waals surface area contributed by atoms with Crippen molar-refractivity contribution in [3.63, 3.8) is 0 Å². The van der Waals surface area contributed by atoms with Crippen LogP contribution in [-0.2, 0) is 35.4 Å². The van der Waals surface area contributed by atoms with E-state index in [1.54, 1.807) is 0 Å². The van der Waals surface area contributed by atoms with Crippen LogP contribution in [-0.4, -0.2) is 0 Å². The fourth-order valence-corrected chi connectivity index (χ4v) is 0. The zero-order valence-electron chi connectivity index (χ0n) is 1.90. The first kappa shape index (κ1) is 9.23. The number of rotatable bonds is 0. The summed E-state index contributed by atoms with van der Waals surface area (Å²) in [5, 5.41) is 0. The van der Waals surface area contributed by atoms with E-state index in [-0.39, 0.29) is 17.1 Å². The van der Waals surface area contributed by atoms with Crippen molar-refractivity contribution < 1.29 is 25.5 Å². The van der Waals surface area contributed by atoms with Gasteiger partial charge < -0.3 is 8.42 Å². The Kier molecular flexibility index (Phi) is 8.79. The molecule has 5 heteroatoms. The van der Waals surface area contributed by atoms with Gasteiger partial charge in [0.05, 0.1) is 0 Å². The molecule has 0 saturated heterocycles. The fraction of sp³-hybridized carbons (Fsp3) is 0. The third-order valence-electron chi connectivity index (χ3n) is 0. The van der Waals surface area contributed by atoms with Crippen molar-refractivity contribution in [3.8, 4) is 0 Å². The quantitative estimate of drug-likeness (QED) is 0.295. The van der Waals surface area contributed by atoms with Gasteiger partial charge in [-0.3, -0.25) is 0 Å². The van der Waals surface area contributed by atoms with Crippen LogP contribution in [0.25, 0.3) is 0 Å². The van der Waals surface area contributed by atoms with Crippen molar-refractivity contribution in [1.82, 2.24) is 0 Å². The van der Waals surface area contributed by atoms with Crippen molar-refractivity contribution in [2.75, 3.05) is 0 Å². The van der Waals surface area contributed by atoms with Crippen LogP contribution in [0.3, 0.4) is 0 Å². The Hall–Kier alpha value is 0.759. The summed E-state index contributed by atoms with van der Waals surface area (Å²) in [7, 11) is 1.80. The van der Waals surface area contributed by atoms with Gasteiger partial charge >= 0.3 is 17.1 Å². The molecule has 0 aromatic heterocycles. The van der Waals surface area contributed by atoms with Gasteiger partial charge in [0, 0.05) is 9.92 Å². The maximum absolute atomic E-state index is 8.77. The van der Waals surface area contributed by atoms with Crippen LogP contribution in [0.1, 0.15) is 0 Å². The number of halogens is 1. The first-order valence-corrected chi connectivity index (χ1v) is 2.39. The van der Waals surface area contributed by atoms with Crippen LogP contribution in [0.15, 0.2) is 0 Å². The third kappa shape index (κ3) is 62.8. The minimum absolute atomic E-state index is 0. The minimum atomic E-state index is -2.39. The Morgan fingerprint density at radius 1 is 1.40 bits per heavy atom. The molecule has 0 N–H and O–H groups in total. The average Bonchev–Trinajstić information content (AvgIpc) is 0.811. The molecule has 0 bridgehead atoms. The second-order valence-corrected chi connectivity index (χ2v) is 1.34. The molecule has 5 heavy (non-hydrogen) atoms. The summed E-state index contributed by atoms with van der Waals surface area (Å²) in [6.07, 6.45) is 0. The monoisotopic (exact) mass is 162 g/mol. The first-order chi connectivity index (χ1) is 1.73. The zero-order valence-corrected chi connectivity index (χ0v) is 4.42. The Morgan fingerprint density at radius 2 is 1.40 bits per heavy atom. The fourth-order valence-electron chi connectivity index (χ4n) is 0. The molecule has 0 fully saturated rings. The molecule has 0 radical (unpaired) electrons. The Morgan fingerprint density at radius 3 is 1.40 bits per heavy atom. The Labute approximate surface area is 46.4 Å². The van der Waals surface area contributed by atoms with Crippen LogP contribution in [0.4, 0.5) is 0 Å². The molecule has 0 aromatic carbocycles. The maximum Gasteiger partial charge on any atom is 1.00 e. The van der Waals surface area contributed by atoms with Gasteiger partial charge in [0.1, 0.15) is 0 Å². The van der Waals surface area contributed by atoms with Crippen LogP contribution in [0, 0.1) is 0 Å². The van der Waals surface area contributed by atoms with Gasteiger partial charge in [0.15, 0.2) is 0 Å². The number of hydrogen-bond acceptors (Lipinski definition) is 3. The van der Waals surface area contributed by atoms with Crippen molar-refractivity contribution in [2.45, 2.75) is 0 Å². The summed E-state index contributed by atoms with van der Waals surface area (Å²) in [6.45, 7) is 0. The van der Waals surface area contributed by atoms with Gasteiger partial charge in [-0.1, -0.05) is 0 Å². The third-order valence-corrected chi connectivity index (χ3v) is 0. The molecule has 0 heterocycles. The SMILES string of the molecule is O=[S-](=O)Cl.[Cu+]. The molecule has 0 unspecified atom stereocenters. The maximum atomic E-state index is 8.77. The standard InChI is InChI=1S/ClO2S.Cu/c1-4(2)3;/q-1;+1. The molecule has 36 valence electrons. The summed E-state index contributed by atoms with van der Waals surface area (Å²) in [6, 6.07) is 0. The van der Waals surface area contributed by atoms with E-state index in [0.717, 1.165) is 0 Å². The molecule has 0 saturated carbocycles. The van der Waals surface area contributed by atoms with E-state index >= 15 is 0 Å². The van der Waals surface area contributed by atoms with Crippen LogP contribution in [0.2, 0.25) is 0 Å². The van der Waals surface area contributed by atoms with E-state index in [1.165, 1.54) is 0 Å². The predicted octanol–water partition coefficient (Wildman–Crippen LogP) is 0.447. The molecule has 0 aliphatic carbocycles. The molecular formula is ClCuO2S. The summed E-state index contributed by atoms with van der Waals surface area (Å²) < 4.78 is 17.5. The van der Waals surface area contributed by atoms with Gasteiger partial charge in [-0.15, -0.1) is 0 Å². The number of hydrogen-bond donors (Lipinski definition) is 0. The van der Waals surface area contributed by atoms with E-state index in [2.05, 4.69) is 10.7 Å². The second kappa shape index (κ2) is 4.76. The summed E-state index contributed by atoms with van der Waals surface area (Å²) in [5.74, 6) is 0. The molecule has 0 aromatic rings. The normalized spacial score (nSPS) is 6.80. The summed E-state index contributed by atoms with van der Waals surface area (Å²) in [5.41, 5.74) is 0. The molecule has 0 amide bonds. The molecule has 0 aliphatic rings. The van der Waals surface area contributed by atoms with Gasteiger partial charge in [-0.25, -0.2) is 0 Å². The van der Waals surface area contributed by atoms with Gasteiger partial charge in [-0.2, -0.15) is 10.7 Å². The molecule has 0 atom stereocenters. The Bertz CT molecular complexity index is 58.0. The first-order valence-electron chi connectivity index (χ1n) is 0.488.